The maximum Gasteiger partial charge on any atom is 0.312 e. The fraction of sp³-hybridized carbons (Fsp3) is 0.625. The molecule has 2 atom stereocenters. The van der Waals surface area contributed by atoms with Gasteiger partial charge >= 0.3 is 5.97 Å². The molecule has 5 heteroatoms. The van der Waals surface area contributed by atoms with Gasteiger partial charge in [-0.05, 0) is 6.42 Å². The molecule has 0 aromatic carbocycles. The van der Waals surface area contributed by atoms with Crippen molar-refractivity contribution in [1.82, 2.24) is 0 Å². The molecule has 0 amide bonds. The van der Waals surface area contributed by atoms with E-state index in [1.807, 2.05) is 6.08 Å². The van der Waals surface area contributed by atoms with Gasteiger partial charge in [0, 0.05) is 6.04 Å². The number of hydrogen-bond acceptors (Lipinski definition) is 3. The van der Waals surface area contributed by atoms with E-state index >= 15 is 0 Å². The minimum Gasteiger partial charge on any atom is -0.469 e. The molecule has 0 aromatic rings. The van der Waals surface area contributed by atoms with Crippen LogP contribution in [0.15, 0.2) is 12.2 Å². The lowest BCUT2D eigenvalue weighted by molar-refractivity contribution is -0.143. The second kappa shape index (κ2) is 7.18. The number of ether oxygens (including phenoxy) is 1. The average Bonchev–Trinajstić information content (AvgIpc) is 2.52. The van der Waals surface area contributed by atoms with Crippen molar-refractivity contribution in [3.63, 3.8) is 0 Å². The first kappa shape index (κ1) is 12.8. The number of carbonyl (C=O) groups excluding carboxylic acids is 1. The molecule has 0 bridgehead atoms. The summed E-state index contributed by atoms with van der Waals surface area (Å²) in [5, 5.41) is 0.194. The molecule has 1 aliphatic carbocycles. The predicted octanol–water partition coefficient (Wildman–Crippen LogP) is 1.48. The van der Waals surface area contributed by atoms with E-state index in [-0.39, 0.29) is 23.3 Å². The number of alkyl halides is 2. The molecule has 0 saturated carbocycles. The lowest BCUT2D eigenvalue weighted by Gasteiger charge is -2.04. The predicted molar refractivity (Wildman–Crippen MR) is 53.8 cm³/mol. The van der Waals surface area contributed by atoms with E-state index in [1.54, 1.807) is 6.08 Å². The molecule has 3 nitrogen and oxygen atoms in total. The van der Waals surface area contributed by atoms with Crippen molar-refractivity contribution >= 4 is 29.2 Å². The van der Waals surface area contributed by atoms with Crippen molar-refractivity contribution in [3.05, 3.63) is 12.2 Å². The van der Waals surface area contributed by atoms with Crippen LogP contribution < -0.4 is 5.73 Å². The summed E-state index contributed by atoms with van der Waals surface area (Å²) >= 11 is 9.53. The van der Waals surface area contributed by atoms with Gasteiger partial charge in [-0.15, -0.1) is 23.2 Å². The first-order chi connectivity index (χ1) is 6.15. The molecule has 0 aromatic heterocycles. The third-order valence-corrected chi connectivity index (χ3v) is 1.62. The van der Waals surface area contributed by atoms with E-state index in [0.29, 0.717) is 6.42 Å². The Morgan fingerprint density at radius 1 is 1.62 bits per heavy atom. The lowest BCUT2D eigenvalue weighted by Crippen LogP contribution is -2.19. The number of methoxy groups -OCH3 is 1. The minimum absolute atomic E-state index is 0.0316. The second-order valence-corrected chi connectivity index (χ2v) is 3.32. The highest BCUT2D eigenvalue weighted by atomic mass is 35.5. The van der Waals surface area contributed by atoms with E-state index in [0.717, 1.165) is 0 Å². The summed E-state index contributed by atoms with van der Waals surface area (Å²) in [4.78, 5) is 10.8. The number of rotatable bonds is 1. The summed E-state index contributed by atoms with van der Waals surface area (Å²) in [6.45, 7) is 0. The number of nitrogens with two attached hydrogens (primary N) is 1. The van der Waals surface area contributed by atoms with Crippen molar-refractivity contribution in [3.8, 4) is 0 Å². The molecule has 2 unspecified atom stereocenters. The van der Waals surface area contributed by atoms with Crippen LogP contribution in [0, 0.1) is 5.92 Å². The van der Waals surface area contributed by atoms with E-state index in [4.69, 9.17) is 28.9 Å². The highest BCUT2D eigenvalue weighted by Crippen LogP contribution is 2.16. The molecule has 1 aliphatic rings. The van der Waals surface area contributed by atoms with Crippen LogP contribution in [0.4, 0.5) is 0 Å². The van der Waals surface area contributed by atoms with Crippen LogP contribution in [0.3, 0.4) is 0 Å². The van der Waals surface area contributed by atoms with Gasteiger partial charge in [0.25, 0.3) is 0 Å². The van der Waals surface area contributed by atoms with Crippen LogP contribution in [0.1, 0.15) is 6.42 Å². The largest absolute Gasteiger partial charge is 0.469 e. The molecular formula is C8H13Cl2NO2. The molecule has 13 heavy (non-hydrogen) atoms. The molecule has 0 saturated heterocycles. The molecule has 2 N–H and O–H groups in total. The zero-order chi connectivity index (χ0) is 10.3. The first-order valence-electron chi connectivity index (χ1n) is 3.79. The van der Waals surface area contributed by atoms with E-state index in [2.05, 4.69) is 4.74 Å². The van der Waals surface area contributed by atoms with Crippen LogP contribution in [0.25, 0.3) is 0 Å². The minimum atomic E-state index is -0.191. The Morgan fingerprint density at radius 3 is 2.46 bits per heavy atom. The van der Waals surface area contributed by atoms with E-state index in [1.165, 1.54) is 7.11 Å². The fourth-order valence-electron chi connectivity index (χ4n) is 1.05. The van der Waals surface area contributed by atoms with Gasteiger partial charge in [-0.1, -0.05) is 12.2 Å². The number of esters is 1. The van der Waals surface area contributed by atoms with Crippen molar-refractivity contribution < 1.29 is 9.53 Å². The molecule has 0 radical (unpaired) electrons. The Labute approximate surface area is 87.8 Å². The summed E-state index contributed by atoms with van der Waals surface area (Å²) in [6.07, 6.45) is 4.32. The van der Waals surface area contributed by atoms with Crippen molar-refractivity contribution in [2.24, 2.45) is 11.7 Å². The quantitative estimate of drug-likeness (QED) is 0.418. The van der Waals surface area contributed by atoms with Gasteiger partial charge in [0.15, 0.2) is 0 Å². The van der Waals surface area contributed by atoms with Crippen molar-refractivity contribution in [1.29, 1.82) is 0 Å². The van der Waals surface area contributed by atoms with Gasteiger partial charge in [0.05, 0.1) is 18.4 Å². The summed E-state index contributed by atoms with van der Waals surface area (Å²) in [5.41, 5.74) is 5.52. The zero-order valence-corrected chi connectivity index (χ0v) is 8.89. The number of halogens is 2. The first-order valence-corrected chi connectivity index (χ1v) is 4.86. The third-order valence-electron chi connectivity index (χ3n) is 1.62. The average molecular weight is 226 g/mol. The topological polar surface area (TPSA) is 52.3 Å². The van der Waals surface area contributed by atoms with Gasteiger partial charge in [-0.25, -0.2) is 0 Å². The summed E-state index contributed by atoms with van der Waals surface area (Å²) in [5.74, 6) is -0.302. The van der Waals surface area contributed by atoms with Gasteiger partial charge in [-0.3, -0.25) is 4.79 Å². The molecule has 0 fully saturated rings. The maximum absolute atomic E-state index is 10.8. The third kappa shape index (κ3) is 5.13. The zero-order valence-electron chi connectivity index (χ0n) is 7.37. The Kier molecular flexibility index (Phi) is 7.04. The van der Waals surface area contributed by atoms with Gasteiger partial charge < -0.3 is 10.5 Å². The Morgan fingerprint density at radius 2 is 2.15 bits per heavy atom. The van der Waals surface area contributed by atoms with Crippen molar-refractivity contribution in [2.75, 3.05) is 12.4 Å². The monoisotopic (exact) mass is 225 g/mol. The second-order valence-electron chi connectivity index (χ2n) is 2.52. The number of carbonyl (C=O) groups is 1. The molecule has 0 spiro atoms. The molecule has 0 aliphatic heterocycles. The van der Waals surface area contributed by atoms with E-state index in [9.17, 15) is 4.79 Å². The standard InChI is InChI=1S/C7H11NO2.CH2Cl2/c1-10-7(9)5-2-3-6(8)4-5;2-1-3/h2-3,5-6H,4,8H2,1H3;1H2. The Hall–Kier alpha value is -0.250. The van der Waals surface area contributed by atoms with Crippen LogP contribution in [0.5, 0.6) is 0 Å². The Bertz CT molecular complexity index is 185. The van der Waals surface area contributed by atoms with Crippen LogP contribution >= 0.6 is 23.2 Å². The van der Waals surface area contributed by atoms with Crippen molar-refractivity contribution in [2.45, 2.75) is 12.5 Å². The normalized spacial score (nSPS) is 24.9. The SMILES string of the molecule is COC(=O)C1C=CC(N)C1.ClCCl. The highest BCUT2D eigenvalue weighted by molar-refractivity contribution is 6.40. The van der Waals surface area contributed by atoms with Crippen LogP contribution in [0.2, 0.25) is 0 Å². The fourth-order valence-corrected chi connectivity index (χ4v) is 1.05. The summed E-state index contributed by atoms with van der Waals surface area (Å²) in [6, 6.07) is 0.0316. The van der Waals surface area contributed by atoms with E-state index < -0.39 is 0 Å². The Balaban J connectivity index is 0.000000424. The number of hydrogen-bond donors (Lipinski definition) is 1. The van der Waals surface area contributed by atoms with Gasteiger partial charge in [0.2, 0.25) is 0 Å². The smallest absolute Gasteiger partial charge is 0.312 e. The maximum atomic E-state index is 10.8. The molecule has 76 valence electrons. The molecule has 1 rings (SSSR count). The van der Waals surface area contributed by atoms with Crippen LogP contribution in [-0.4, -0.2) is 24.5 Å². The van der Waals surface area contributed by atoms with Gasteiger partial charge in [-0.2, -0.15) is 0 Å². The highest BCUT2D eigenvalue weighted by Gasteiger charge is 2.22. The molecular weight excluding hydrogens is 213 g/mol. The summed E-state index contributed by atoms with van der Waals surface area (Å²) < 4.78 is 4.54. The van der Waals surface area contributed by atoms with Crippen LogP contribution in [-0.2, 0) is 9.53 Å². The molecule has 0 heterocycles. The van der Waals surface area contributed by atoms with Gasteiger partial charge in [0.1, 0.15) is 0 Å². The summed E-state index contributed by atoms with van der Waals surface area (Å²) in [7, 11) is 1.39. The lowest BCUT2D eigenvalue weighted by atomic mass is 10.1.